The van der Waals surface area contributed by atoms with Crippen molar-refractivity contribution in [1.29, 1.82) is 0 Å². The van der Waals surface area contributed by atoms with E-state index >= 15 is 0 Å². The third kappa shape index (κ3) is 2.82. The van der Waals surface area contributed by atoms with Gasteiger partial charge in [0.15, 0.2) is 0 Å². The molecule has 1 aromatic carbocycles. The summed E-state index contributed by atoms with van der Waals surface area (Å²) in [4.78, 5) is 0. The van der Waals surface area contributed by atoms with Gasteiger partial charge in [-0.2, -0.15) is 0 Å². The predicted octanol–water partition coefficient (Wildman–Crippen LogP) is 1.54. The number of benzene rings is 1. The minimum Gasteiger partial charge on any atom is -0.310 e. The molecule has 2 rings (SSSR count). The molecule has 0 saturated carbocycles. The molecule has 0 aliphatic carbocycles. The smallest absolute Gasteiger partial charge is 0.0208 e. The molecule has 2 heteroatoms. The third-order valence-corrected chi connectivity index (χ3v) is 2.71. The zero-order valence-corrected chi connectivity index (χ0v) is 8.45. The molecule has 0 amide bonds. The van der Waals surface area contributed by atoms with E-state index in [0.717, 1.165) is 19.6 Å². The molecule has 1 aromatic rings. The number of nitrogens with one attached hydrogen (secondary N) is 1. The Labute approximate surface area is 85.7 Å². The van der Waals surface area contributed by atoms with E-state index in [2.05, 4.69) is 41.0 Å². The highest BCUT2D eigenvalue weighted by Gasteiger charge is 2.12. The minimum atomic E-state index is 0.674. The Morgan fingerprint density at radius 2 is 1.86 bits per heavy atom. The lowest BCUT2D eigenvalue weighted by molar-refractivity contribution is 0.382. The third-order valence-electron chi connectivity index (χ3n) is 2.71. The van der Waals surface area contributed by atoms with Gasteiger partial charge in [0.2, 0.25) is 0 Å². The van der Waals surface area contributed by atoms with Crippen LogP contribution in [0.3, 0.4) is 0 Å². The quantitative estimate of drug-likeness (QED) is 0.767. The summed E-state index contributed by atoms with van der Waals surface area (Å²) in [5.41, 5.74) is 1.37. The van der Waals surface area contributed by atoms with Gasteiger partial charge in [-0.3, -0.25) is 0 Å². The Bertz CT molecular complexity index is 252. The van der Waals surface area contributed by atoms with Crippen molar-refractivity contribution in [3.05, 3.63) is 35.9 Å². The molecule has 0 unspecified atom stereocenters. The summed E-state index contributed by atoms with van der Waals surface area (Å²) in [5.74, 6) is 0. The Morgan fingerprint density at radius 3 is 2.57 bits per heavy atom. The molecule has 1 aliphatic heterocycles. The molecule has 1 fully saturated rings. The molecule has 1 aliphatic rings. The molecule has 14 heavy (non-hydrogen) atoms. The highest BCUT2D eigenvalue weighted by molar-refractivity contribution is 5.14. The topological polar surface area (TPSA) is 26.1 Å². The van der Waals surface area contributed by atoms with Gasteiger partial charge in [-0.05, 0) is 18.4 Å². The van der Waals surface area contributed by atoms with E-state index in [1.54, 1.807) is 0 Å². The van der Waals surface area contributed by atoms with E-state index < -0.39 is 0 Å². The average Bonchev–Trinajstić information content (AvgIpc) is 2.29. The van der Waals surface area contributed by atoms with Gasteiger partial charge in [-0.1, -0.05) is 30.3 Å². The molecular weight excluding hydrogens is 172 g/mol. The molecule has 0 bridgehead atoms. The van der Waals surface area contributed by atoms with Crippen LogP contribution in [0, 0.1) is 0 Å². The fourth-order valence-electron chi connectivity index (χ4n) is 1.81. The van der Waals surface area contributed by atoms with E-state index in [1.165, 1.54) is 18.4 Å². The van der Waals surface area contributed by atoms with E-state index in [1.807, 2.05) is 0 Å². The maximum absolute atomic E-state index is 4.34. The Hall–Kier alpha value is -0.860. The van der Waals surface area contributed by atoms with Crippen molar-refractivity contribution in [2.75, 3.05) is 13.1 Å². The molecule has 75 valence electrons. The predicted molar refractivity (Wildman–Crippen MR) is 58.2 cm³/mol. The van der Waals surface area contributed by atoms with Crippen LogP contribution in [0.5, 0.6) is 0 Å². The highest BCUT2D eigenvalue weighted by Crippen LogP contribution is 2.05. The first-order valence-electron chi connectivity index (χ1n) is 5.36. The highest BCUT2D eigenvalue weighted by atomic mass is 15.0. The largest absolute Gasteiger partial charge is 0.310 e. The molecule has 1 N–H and O–H groups in total. The van der Waals surface area contributed by atoms with Crippen LogP contribution in [0.2, 0.25) is 0 Å². The fourth-order valence-corrected chi connectivity index (χ4v) is 1.81. The van der Waals surface area contributed by atoms with Gasteiger partial charge in [-0.25, -0.2) is 5.32 Å². The van der Waals surface area contributed by atoms with Crippen molar-refractivity contribution in [3.8, 4) is 0 Å². The normalized spacial score (nSPS) is 18.3. The van der Waals surface area contributed by atoms with E-state index in [-0.39, 0.29) is 0 Å². The second-order valence-electron chi connectivity index (χ2n) is 3.81. The van der Waals surface area contributed by atoms with Gasteiger partial charge < -0.3 is 5.32 Å². The van der Waals surface area contributed by atoms with Crippen LogP contribution in [0.25, 0.3) is 0 Å². The number of piperidine rings is 1. The molecule has 0 aromatic heterocycles. The van der Waals surface area contributed by atoms with Crippen LogP contribution in [0.15, 0.2) is 30.3 Å². The minimum absolute atomic E-state index is 0.674. The summed E-state index contributed by atoms with van der Waals surface area (Å²) in [6.45, 7) is 3.06. The van der Waals surface area contributed by atoms with Gasteiger partial charge in [0.05, 0.1) is 0 Å². The van der Waals surface area contributed by atoms with Gasteiger partial charge >= 0.3 is 0 Å². The molecule has 0 atom stereocenters. The number of hydrogen-bond donors (Lipinski definition) is 1. The van der Waals surface area contributed by atoms with Crippen LogP contribution < -0.4 is 10.6 Å². The first-order chi connectivity index (χ1) is 6.95. The lowest BCUT2D eigenvalue weighted by atomic mass is 10.1. The molecule has 1 saturated heterocycles. The Morgan fingerprint density at radius 1 is 1.14 bits per heavy atom. The lowest BCUT2D eigenvalue weighted by Gasteiger charge is -2.22. The van der Waals surface area contributed by atoms with Crippen molar-refractivity contribution in [3.63, 3.8) is 0 Å². The molecule has 0 spiro atoms. The summed E-state index contributed by atoms with van der Waals surface area (Å²) < 4.78 is 0. The Balaban J connectivity index is 1.76. The average molecular weight is 189 g/mol. The second-order valence-corrected chi connectivity index (χ2v) is 3.81. The number of nitrogens with zero attached hydrogens (tertiary/aromatic N) is 1. The van der Waals surface area contributed by atoms with E-state index in [4.69, 9.17) is 0 Å². The van der Waals surface area contributed by atoms with Crippen molar-refractivity contribution in [2.24, 2.45) is 0 Å². The van der Waals surface area contributed by atoms with Crippen molar-refractivity contribution < 1.29 is 0 Å². The zero-order valence-electron chi connectivity index (χ0n) is 8.45. The summed E-state index contributed by atoms with van der Waals surface area (Å²) in [7, 11) is 0. The zero-order chi connectivity index (χ0) is 9.64. The van der Waals surface area contributed by atoms with Crippen molar-refractivity contribution in [1.82, 2.24) is 10.6 Å². The maximum Gasteiger partial charge on any atom is 0.0208 e. The lowest BCUT2D eigenvalue weighted by Crippen LogP contribution is -2.36. The van der Waals surface area contributed by atoms with Gasteiger partial charge in [0.25, 0.3) is 0 Å². The number of hydrogen-bond acceptors (Lipinski definition) is 1. The standard InChI is InChI=1S/C12H17N2/c1-2-4-11(5-3-1)10-14-12-6-8-13-9-7-12/h1-5,12,14H,6-10H2. The summed E-state index contributed by atoms with van der Waals surface area (Å²) >= 11 is 0. The Kier molecular flexibility index (Phi) is 3.55. The first kappa shape index (κ1) is 9.69. The monoisotopic (exact) mass is 189 g/mol. The fraction of sp³-hybridized carbons (Fsp3) is 0.500. The maximum atomic E-state index is 4.34. The summed E-state index contributed by atoms with van der Waals surface area (Å²) in [6, 6.07) is 11.2. The van der Waals surface area contributed by atoms with E-state index in [0.29, 0.717) is 6.04 Å². The van der Waals surface area contributed by atoms with Gasteiger partial charge in [0, 0.05) is 25.7 Å². The molecule has 2 nitrogen and oxygen atoms in total. The first-order valence-corrected chi connectivity index (χ1v) is 5.36. The second kappa shape index (κ2) is 5.13. The van der Waals surface area contributed by atoms with Crippen LogP contribution >= 0.6 is 0 Å². The van der Waals surface area contributed by atoms with Gasteiger partial charge in [-0.15, -0.1) is 0 Å². The van der Waals surface area contributed by atoms with Crippen LogP contribution in [-0.4, -0.2) is 19.1 Å². The van der Waals surface area contributed by atoms with Crippen LogP contribution in [0.4, 0.5) is 0 Å². The van der Waals surface area contributed by atoms with Crippen molar-refractivity contribution in [2.45, 2.75) is 25.4 Å². The molecule has 1 radical (unpaired) electrons. The van der Waals surface area contributed by atoms with Crippen LogP contribution in [0.1, 0.15) is 18.4 Å². The number of rotatable bonds is 3. The molecule has 1 heterocycles. The molecular formula is C12H17N2. The summed E-state index contributed by atoms with van der Waals surface area (Å²) in [5, 5.41) is 7.92. The van der Waals surface area contributed by atoms with Crippen LogP contribution in [-0.2, 0) is 6.54 Å². The SMILES string of the molecule is c1ccc(CNC2CC[N]CC2)cc1. The summed E-state index contributed by atoms with van der Waals surface area (Å²) in [6.07, 6.45) is 2.40. The van der Waals surface area contributed by atoms with Crippen molar-refractivity contribution >= 4 is 0 Å². The van der Waals surface area contributed by atoms with E-state index in [9.17, 15) is 0 Å². The van der Waals surface area contributed by atoms with Gasteiger partial charge in [0.1, 0.15) is 0 Å².